The Hall–Kier alpha value is -1.22. The lowest BCUT2D eigenvalue weighted by atomic mass is 9.68. The molecule has 0 saturated heterocycles. The van der Waals surface area contributed by atoms with Crippen LogP contribution < -0.4 is 15.2 Å². The Kier molecular flexibility index (Phi) is 4.35. The number of hydrogen-bond acceptors (Lipinski definition) is 3. The predicted octanol–water partition coefficient (Wildman–Crippen LogP) is 3.46. The Morgan fingerprint density at radius 1 is 1.21 bits per heavy atom. The molecule has 1 saturated carbocycles. The number of rotatable bonds is 4. The highest BCUT2D eigenvalue weighted by Gasteiger charge is 2.37. The van der Waals surface area contributed by atoms with Gasteiger partial charge in [-0.2, -0.15) is 0 Å². The van der Waals surface area contributed by atoms with E-state index in [9.17, 15) is 0 Å². The summed E-state index contributed by atoms with van der Waals surface area (Å²) in [7, 11) is 3.33. The third-order valence-electron chi connectivity index (χ3n) is 4.54. The van der Waals surface area contributed by atoms with E-state index in [0.29, 0.717) is 5.92 Å². The molecule has 1 aromatic carbocycles. The lowest BCUT2D eigenvalue weighted by Crippen LogP contribution is -2.46. The molecule has 106 valence electrons. The summed E-state index contributed by atoms with van der Waals surface area (Å²) < 4.78 is 10.7. The van der Waals surface area contributed by atoms with E-state index in [1.54, 1.807) is 14.2 Å². The standard InChI is InChI=1S/C16H25NO2/c1-4-12-7-5-6-10-16(12,17)13-8-9-14(18-2)15(11-13)19-3/h8-9,11-12H,4-7,10,17H2,1-3H3. The molecular formula is C16H25NO2. The SMILES string of the molecule is CCC1CCCCC1(N)c1ccc(OC)c(OC)c1. The van der Waals surface area contributed by atoms with Crippen LogP contribution in [0.5, 0.6) is 11.5 Å². The van der Waals surface area contributed by atoms with Crippen molar-refractivity contribution in [2.45, 2.75) is 44.6 Å². The average molecular weight is 263 g/mol. The van der Waals surface area contributed by atoms with Gasteiger partial charge in [-0.15, -0.1) is 0 Å². The summed E-state index contributed by atoms with van der Waals surface area (Å²) in [6.07, 6.45) is 5.92. The summed E-state index contributed by atoms with van der Waals surface area (Å²) in [4.78, 5) is 0. The van der Waals surface area contributed by atoms with Crippen LogP contribution >= 0.6 is 0 Å². The van der Waals surface area contributed by atoms with E-state index >= 15 is 0 Å². The fraction of sp³-hybridized carbons (Fsp3) is 0.625. The molecule has 1 fully saturated rings. The van der Waals surface area contributed by atoms with Crippen LogP contribution in [0.15, 0.2) is 18.2 Å². The highest BCUT2D eigenvalue weighted by molar-refractivity contribution is 5.45. The molecule has 0 amide bonds. The molecule has 0 heterocycles. The van der Waals surface area contributed by atoms with Crippen molar-refractivity contribution >= 4 is 0 Å². The zero-order chi connectivity index (χ0) is 13.9. The van der Waals surface area contributed by atoms with E-state index < -0.39 is 0 Å². The first-order valence-corrected chi connectivity index (χ1v) is 7.17. The van der Waals surface area contributed by atoms with Crippen LogP contribution in [0.25, 0.3) is 0 Å². The lowest BCUT2D eigenvalue weighted by molar-refractivity contribution is 0.183. The molecule has 19 heavy (non-hydrogen) atoms. The van der Waals surface area contributed by atoms with Gasteiger partial charge in [0.2, 0.25) is 0 Å². The third-order valence-corrected chi connectivity index (χ3v) is 4.54. The van der Waals surface area contributed by atoms with Gasteiger partial charge < -0.3 is 15.2 Å². The molecule has 1 aromatic rings. The minimum atomic E-state index is -0.216. The molecular weight excluding hydrogens is 238 g/mol. The molecule has 0 bridgehead atoms. The van der Waals surface area contributed by atoms with E-state index in [1.165, 1.54) is 24.8 Å². The normalized spacial score (nSPS) is 27.1. The summed E-state index contributed by atoms with van der Waals surface area (Å²) in [5, 5.41) is 0. The molecule has 1 aliphatic rings. The fourth-order valence-corrected chi connectivity index (χ4v) is 3.34. The zero-order valence-corrected chi connectivity index (χ0v) is 12.2. The third kappa shape index (κ3) is 2.57. The van der Waals surface area contributed by atoms with E-state index in [-0.39, 0.29) is 5.54 Å². The van der Waals surface area contributed by atoms with E-state index in [4.69, 9.17) is 15.2 Å². The van der Waals surface area contributed by atoms with E-state index in [0.717, 1.165) is 24.3 Å². The predicted molar refractivity (Wildman–Crippen MR) is 77.7 cm³/mol. The minimum Gasteiger partial charge on any atom is -0.493 e. The van der Waals surface area contributed by atoms with Crippen molar-refractivity contribution in [2.24, 2.45) is 11.7 Å². The molecule has 0 aromatic heterocycles. The van der Waals surface area contributed by atoms with Crippen molar-refractivity contribution in [2.75, 3.05) is 14.2 Å². The van der Waals surface area contributed by atoms with Crippen molar-refractivity contribution in [3.8, 4) is 11.5 Å². The molecule has 0 radical (unpaired) electrons. The van der Waals surface area contributed by atoms with Crippen LogP contribution in [-0.4, -0.2) is 14.2 Å². The van der Waals surface area contributed by atoms with Crippen LogP contribution in [0.1, 0.15) is 44.6 Å². The molecule has 0 spiro atoms. The molecule has 2 N–H and O–H groups in total. The average Bonchev–Trinajstić information content (AvgIpc) is 2.46. The number of ether oxygens (including phenoxy) is 2. The van der Waals surface area contributed by atoms with Crippen molar-refractivity contribution in [1.82, 2.24) is 0 Å². The molecule has 2 unspecified atom stereocenters. The Morgan fingerprint density at radius 2 is 1.95 bits per heavy atom. The van der Waals surface area contributed by atoms with Crippen LogP contribution in [0.3, 0.4) is 0 Å². The maximum absolute atomic E-state index is 6.75. The maximum Gasteiger partial charge on any atom is 0.161 e. The van der Waals surface area contributed by atoms with Crippen molar-refractivity contribution in [1.29, 1.82) is 0 Å². The van der Waals surface area contributed by atoms with Gasteiger partial charge in [-0.3, -0.25) is 0 Å². The topological polar surface area (TPSA) is 44.5 Å². The number of methoxy groups -OCH3 is 2. The first-order valence-electron chi connectivity index (χ1n) is 7.17. The maximum atomic E-state index is 6.75. The lowest BCUT2D eigenvalue weighted by Gasteiger charge is -2.41. The summed E-state index contributed by atoms with van der Waals surface area (Å²) >= 11 is 0. The Labute approximate surface area is 116 Å². The fourth-order valence-electron chi connectivity index (χ4n) is 3.34. The quantitative estimate of drug-likeness (QED) is 0.904. The molecule has 3 nitrogen and oxygen atoms in total. The molecule has 3 heteroatoms. The Bertz CT molecular complexity index is 433. The van der Waals surface area contributed by atoms with Crippen LogP contribution in [0.2, 0.25) is 0 Å². The van der Waals surface area contributed by atoms with Crippen LogP contribution in [0.4, 0.5) is 0 Å². The second-order valence-corrected chi connectivity index (χ2v) is 5.46. The monoisotopic (exact) mass is 263 g/mol. The van der Waals surface area contributed by atoms with Gasteiger partial charge in [0.1, 0.15) is 0 Å². The minimum absolute atomic E-state index is 0.216. The highest BCUT2D eigenvalue weighted by atomic mass is 16.5. The number of benzene rings is 1. The van der Waals surface area contributed by atoms with Gasteiger partial charge in [0.15, 0.2) is 11.5 Å². The van der Waals surface area contributed by atoms with Gasteiger partial charge in [-0.1, -0.05) is 32.3 Å². The van der Waals surface area contributed by atoms with Gasteiger partial charge in [0, 0.05) is 5.54 Å². The van der Waals surface area contributed by atoms with Crippen LogP contribution in [0, 0.1) is 5.92 Å². The van der Waals surface area contributed by atoms with Gasteiger partial charge in [0.25, 0.3) is 0 Å². The number of nitrogens with two attached hydrogens (primary N) is 1. The first kappa shape index (κ1) is 14.2. The van der Waals surface area contributed by atoms with Crippen molar-refractivity contribution < 1.29 is 9.47 Å². The molecule has 2 atom stereocenters. The molecule has 1 aliphatic carbocycles. The molecule has 2 rings (SSSR count). The van der Waals surface area contributed by atoms with Gasteiger partial charge >= 0.3 is 0 Å². The smallest absolute Gasteiger partial charge is 0.161 e. The summed E-state index contributed by atoms with van der Waals surface area (Å²) in [6.45, 7) is 2.23. The largest absolute Gasteiger partial charge is 0.493 e. The zero-order valence-electron chi connectivity index (χ0n) is 12.2. The Morgan fingerprint density at radius 3 is 2.58 bits per heavy atom. The van der Waals surface area contributed by atoms with Crippen molar-refractivity contribution in [3.63, 3.8) is 0 Å². The molecule has 0 aliphatic heterocycles. The second-order valence-electron chi connectivity index (χ2n) is 5.46. The van der Waals surface area contributed by atoms with Gasteiger partial charge in [0.05, 0.1) is 14.2 Å². The van der Waals surface area contributed by atoms with E-state index in [1.807, 2.05) is 12.1 Å². The number of hydrogen-bond donors (Lipinski definition) is 1. The van der Waals surface area contributed by atoms with Crippen molar-refractivity contribution in [3.05, 3.63) is 23.8 Å². The van der Waals surface area contributed by atoms with Crippen LogP contribution in [-0.2, 0) is 5.54 Å². The van der Waals surface area contributed by atoms with Gasteiger partial charge in [-0.05, 0) is 36.5 Å². The summed E-state index contributed by atoms with van der Waals surface area (Å²) in [6, 6.07) is 6.10. The van der Waals surface area contributed by atoms with E-state index in [2.05, 4.69) is 13.0 Å². The second kappa shape index (κ2) is 5.83. The summed E-state index contributed by atoms with van der Waals surface area (Å²) in [5.41, 5.74) is 7.72. The summed E-state index contributed by atoms with van der Waals surface area (Å²) in [5.74, 6) is 2.09. The first-order chi connectivity index (χ1) is 9.15. The highest BCUT2D eigenvalue weighted by Crippen LogP contribution is 2.43. The van der Waals surface area contributed by atoms with Gasteiger partial charge in [-0.25, -0.2) is 0 Å². The Balaban J connectivity index is 2.38.